The number of hydrogen-bond acceptors (Lipinski definition) is 5. The van der Waals surface area contributed by atoms with Crippen LogP contribution in [0.15, 0.2) is 42.5 Å². The van der Waals surface area contributed by atoms with Crippen LogP contribution < -0.4 is 5.19 Å². The zero-order valence-corrected chi connectivity index (χ0v) is 31.9. The fourth-order valence-corrected chi connectivity index (χ4v) is 9.89. The van der Waals surface area contributed by atoms with Gasteiger partial charge in [-0.15, -0.1) is 0 Å². The molecule has 4 atom stereocenters. The highest BCUT2D eigenvalue weighted by molar-refractivity contribution is 6.89. The summed E-state index contributed by atoms with van der Waals surface area (Å²) in [5.41, 5.74) is 4.61. The number of likely N-dealkylation sites (tertiary alicyclic amines) is 1. The van der Waals surface area contributed by atoms with E-state index in [-0.39, 0.29) is 42.8 Å². The number of nitrogens with zero attached hydrogens (tertiary/aromatic N) is 1. The third-order valence-corrected chi connectivity index (χ3v) is 12.8. The van der Waals surface area contributed by atoms with Gasteiger partial charge in [-0.3, -0.25) is 9.69 Å². The van der Waals surface area contributed by atoms with Gasteiger partial charge in [0.05, 0.1) is 33.4 Å². The molecule has 6 nitrogen and oxygen atoms in total. The van der Waals surface area contributed by atoms with Gasteiger partial charge in [-0.1, -0.05) is 102 Å². The van der Waals surface area contributed by atoms with Gasteiger partial charge in [-0.2, -0.15) is 0 Å². The third kappa shape index (κ3) is 9.47. The van der Waals surface area contributed by atoms with Crippen LogP contribution in [0.3, 0.4) is 0 Å². The quantitative estimate of drug-likeness (QED) is 0.169. The van der Waals surface area contributed by atoms with Crippen LogP contribution in [0.5, 0.6) is 0 Å². The van der Waals surface area contributed by atoms with Crippen LogP contribution >= 0.6 is 0 Å². The molecule has 0 radical (unpaired) electrons. The second kappa shape index (κ2) is 15.5. The number of ether oxygens (including phenoxy) is 3. The Balaban J connectivity index is 2.10. The molecule has 2 aromatic rings. The maximum Gasteiger partial charge on any atom is 0.410 e. The van der Waals surface area contributed by atoms with E-state index in [9.17, 15) is 9.59 Å². The number of esters is 1. The molecule has 0 saturated carbocycles. The van der Waals surface area contributed by atoms with Gasteiger partial charge in [0, 0.05) is 12.5 Å². The molecule has 1 saturated heterocycles. The number of carbonyl (C=O) groups is 2. The highest BCUT2D eigenvalue weighted by Crippen LogP contribution is 2.41. The standard InChI is InChI=1S/C39H61NO5Si/c1-25(2)29-21-32(26(3)4)37(33(22-29)27(5)6)28(7)44-35-23-30(24-46(12,13)31-17-15-14-16-18-31)40(38(42)45-39(8,9)10)34(35)19-20-36(41)43-11/h14-18,21-22,25-28,30,34-35H,19-20,23-24H2,1-13H3/t28-,30-,34+,35+/m0/s1. The van der Waals surface area contributed by atoms with E-state index in [4.69, 9.17) is 14.2 Å². The minimum atomic E-state index is -1.97. The van der Waals surface area contributed by atoms with Crippen LogP contribution in [-0.2, 0) is 19.0 Å². The average molecular weight is 652 g/mol. The Morgan fingerprint density at radius 3 is 1.96 bits per heavy atom. The number of rotatable bonds is 12. The molecule has 3 rings (SSSR count). The summed E-state index contributed by atoms with van der Waals surface area (Å²) in [6.07, 6.45) is 0.557. The molecule has 0 spiro atoms. The first-order chi connectivity index (χ1) is 21.4. The third-order valence-electron chi connectivity index (χ3n) is 9.42. The van der Waals surface area contributed by atoms with Crippen LogP contribution in [0, 0.1) is 0 Å². The lowest BCUT2D eigenvalue weighted by atomic mass is 9.82. The Hall–Kier alpha value is -2.64. The van der Waals surface area contributed by atoms with Crippen molar-refractivity contribution >= 4 is 25.3 Å². The Morgan fingerprint density at radius 1 is 0.913 bits per heavy atom. The summed E-state index contributed by atoms with van der Waals surface area (Å²) in [6, 6.07) is 15.9. The van der Waals surface area contributed by atoms with Crippen molar-refractivity contribution in [3.63, 3.8) is 0 Å². The van der Waals surface area contributed by atoms with Crippen molar-refractivity contribution in [3.05, 3.63) is 64.7 Å². The molecule has 0 aliphatic carbocycles. The summed E-state index contributed by atoms with van der Waals surface area (Å²) in [5.74, 6) is 0.809. The molecule has 1 aliphatic rings. The highest BCUT2D eigenvalue weighted by Gasteiger charge is 2.48. The van der Waals surface area contributed by atoms with E-state index in [2.05, 4.69) is 104 Å². The SMILES string of the molecule is COC(=O)CC[C@@H]1[C@H](O[C@@H](C)c2c(C(C)C)cc(C(C)C)cc2C(C)C)C[C@@H](C[Si](C)(C)c2ccccc2)N1C(=O)OC(C)(C)C. The zero-order chi connectivity index (χ0) is 34.6. The first-order valence-corrected chi connectivity index (χ1v) is 20.5. The molecule has 46 heavy (non-hydrogen) atoms. The van der Waals surface area contributed by atoms with Gasteiger partial charge in [0.15, 0.2) is 0 Å². The predicted octanol–water partition coefficient (Wildman–Crippen LogP) is 9.45. The summed E-state index contributed by atoms with van der Waals surface area (Å²) < 4.78 is 18.2. The van der Waals surface area contributed by atoms with E-state index in [1.165, 1.54) is 34.6 Å². The minimum absolute atomic E-state index is 0.0750. The Morgan fingerprint density at radius 2 is 1.48 bits per heavy atom. The number of carbonyl (C=O) groups excluding carboxylic acids is 2. The Labute approximate surface area is 280 Å². The van der Waals surface area contributed by atoms with E-state index in [0.717, 1.165) is 6.04 Å². The lowest BCUT2D eigenvalue weighted by molar-refractivity contribution is -0.141. The second-order valence-corrected chi connectivity index (χ2v) is 20.6. The largest absolute Gasteiger partial charge is 0.469 e. The smallest absolute Gasteiger partial charge is 0.410 e. The van der Waals surface area contributed by atoms with Gasteiger partial charge >= 0.3 is 12.1 Å². The molecule has 256 valence electrons. The van der Waals surface area contributed by atoms with Gasteiger partial charge in [-0.25, -0.2) is 4.79 Å². The van der Waals surface area contributed by atoms with Crippen molar-refractivity contribution in [2.24, 2.45) is 0 Å². The minimum Gasteiger partial charge on any atom is -0.469 e. The van der Waals surface area contributed by atoms with Gasteiger partial charge < -0.3 is 14.2 Å². The molecule has 7 heteroatoms. The van der Waals surface area contributed by atoms with Crippen molar-refractivity contribution in [3.8, 4) is 0 Å². The van der Waals surface area contributed by atoms with Gasteiger partial charge in [-0.05, 0) is 86.6 Å². The topological polar surface area (TPSA) is 65.1 Å². The zero-order valence-electron chi connectivity index (χ0n) is 30.9. The summed E-state index contributed by atoms with van der Waals surface area (Å²) in [5, 5.41) is 1.36. The molecule has 1 aliphatic heterocycles. The molecule has 0 unspecified atom stereocenters. The maximum atomic E-state index is 14.1. The highest BCUT2D eigenvalue weighted by atomic mass is 28.3. The normalized spacial score (nSPS) is 19.7. The molecule has 1 amide bonds. The monoisotopic (exact) mass is 651 g/mol. The molecule has 2 aromatic carbocycles. The molecule has 0 N–H and O–H groups in total. The number of methoxy groups -OCH3 is 1. The van der Waals surface area contributed by atoms with Crippen LogP contribution in [0.4, 0.5) is 4.79 Å². The lowest BCUT2D eigenvalue weighted by Crippen LogP contribution is -2.51. The predicted molar refractivity (Wildman–Crippen MR) is 192 cm³/mol. The fourth-order valence-electron chi connectivity index (χ4n) is 7.02. The number of amides is 1. The van der Waals surface area contributed by atoms with Crippen LogP contribution in [-0.4, -0.2) is 55.9 Å². The Kier molecular flexibility index (Phi) is 12.7. The average Bonchev–Trinajstić information content (AvgIpc) is 3.29. The van der Waals surface area contributed by atoms with Crippen molar-refractivity contribution in [1.29, 1.82) is 0 Å². The van der Waals surface area contributed by atoms with Crippen LogP contribution in [0.2, 0.25) is 19.1 Å². The van der Waals surface area contributed by atoms with Crippen molar-refractivity contribution in [2.45, 2.75) is 155 Å². The molecule has 0 bridgehead atoms. The summed E-state index contributed by atoms with van der Waals surface area (Å²) in [7, 11) is -0.553. The van der Waals surface area contributed by atoms with E-state index in [1.54, 1.807) is 0 Å². The summed E-state index contributed by atoms with van der Waals surface area (Å²) in [6.45, 7) is 26.1. The fraction of sp³-hybridized carbons (Fsp3) is 0.641. The number of benzene rings is 2. The molecule has 1 fully saturated rings. The van der Waals surface area contributed by atoms with Crippen molar-refractivity contribution < 1.29 is 23.8 Å². The van der Waals surface area contributed by atoms with E-state index < -0.39 is 13.7 Å². The van der Waals surface area contributed by atoms with Gasteiger partial charge in [0.1, 0.15) is 5.60 Å². The van der Waals surface area contributed by atoms with E-state index in [1.807, 2.05) is 25.7 Å². The first kappa shape index (κ1) is 37.8. The van der Waals surface area contributed by atoms with Crippen LogP contribution in [0.25, 0.3) is 0 Å². The van der Waals surface area contributed by atoms with Crippen molar-refractivity contribution in [1.82, 2.24) is 4.90 Å². The summed E-state index contributed by atoms with van der Waals surface area (Å²) >= 11 is 0. The van der Waals surface area contributed by atoms with Crippen LogP contribution in [0.1, 0.15) is 135 Å². The Bertz CT molecular complexity index is 1280. The summed E-state index contributed by atoms with van der Waals surface area (Å²) in [4.78, 5) is 28.4. The lowest BCUT2D eigenvalue weighted by Gasteiger charge is -2.36. The molecular formula is C39H61NO5Si. The molecule has 0 aromatic heterocycles. The van der Waals surface area contributed by atoms with E-state index in [0.29, 0.717) is 30.6 Å². The van der Waals surface area contributed by atoms with E-state index >= 15 is 0 Å². The molecule has 1 heterocycles. The first-order valence-electron chi connectivity index (χ1n) is 17.3. The van der Waals surface area contributed by atoms with Gasteiger partial charge in [0.25, 0.3) is 0 Å². The maximum absolute atomic E-state index is 14.1. The van der Waals surface area contributed by atoms with Crippen molar-refractivity contribution in [2.75, 3.05) is 7.11 Å². The number of hydrogen-bond donors (Lipinski definition) is 0. The second-order valence-electron chi connectivity index (χ2n) is 15.8. The van der Waals surface area contributed by atoms with Gasteiger partial charge in [0.2, 0.25) is 0 Å². The molecular weight excluding hydrogens is 591 g/mol.